The van der Waals surface area contributed by atoms with Gasteiger partial charge in [-0.15, -0.1) is 0 Å². The molecule has 0 fully saturated rings. The smallest absolute Gasteiger partial charge is 0.129 e. The molecule has 1 aromatic carbocycles. The van der Waals surface area contributed by atoms with Gasteiger partial charge in [0, 0.05) is 10.5 Å². The van der Waals surface area contributed by atoms with Crippen LogP contribution in [0.5, 0.6) is 5.75 Å². The molecule has 0 aliphatic rings. The molecule has 0 spiro atoms. The van der Waals surface area contributed by atoms with Crippen LogP contribution in [-0.2, 0) is 0 Å². The summed E-state index contributed by atoms with van der Waals surface area (Å²) in [7, 11) is 0. The van der Waals surface area contributed by atoms with Gasteiger partial charge in [0.2, 0.25) is 0 Å². The maximum atomic E-state index is 9.54. The summed E-state index contributed by atoms with van der Waals surface area (Å²) >= 11 is 3.31. The Labute approximate surface area is 91.8 Å². The summed E-state index contributed by atoms with van der Waals surface area (Å²) in [5.41, 5.74) is 6.30. The van der Waals surface area contributed by atoms with Crippen LogP contribution in [-0.4, -0.2) is 17.0 Å². The summed E-state index contributed by atoms with van der Waals surface area (Å²) in [6, 6.07) is 5.20. The fraction of sp³-hybridized carbons (Fsp3) is 0.300. The monoisotopic (exact) mass is 256 g/mol. The Morgan fingerprint density at radius 3 is 2.71 bits per heavy atom. The van der Waals surface area contributed by atoms with E-state index in [1.165, 1.54) is 0 Å². The minimum absolute atomic E-state index is 0.119. The van der Waals surface area contributed by atoms with Crippen molar-refractivity contribution in [2.75, 3.05) is 0 Å². The third kappa shape index (κ3) is 2.73. The van der Waals surface area contributed by atoms with Gasteiger partial charge in [0.25, 0.3) is 0 Å². The van der Waals surface area contributed by atoms with E-state index in [1.54, 1.807) is 18.2 Å². The zero-order valence-electron chi connectivity index (χ0n) is 8.16. The first kappa shape index (κ1) is 11.0. The van der Waals surface area contributed by atoms with Gasteiger partial charge in [0.1, 0.15) is 11.6 Å². The molecule has 0 bridgehead atoms. The number of hydrogen-bond acceptors (Lipinski definition) is 2. The maximum absolute atomic E-state index is 9.54. The van der Waals surface area contributed by atoms with Gasteiger partial charge in [-0.2, -0.15) is 0 Å². The number of phenols is 1. The standard InChI is InChI=1S/C10H13BrN2O/c1-6(2)13-10(12)8-5-7(11)3-4-9(8)14/h3-6,14H,1-2H3,(H2,12,13). The van der Waals surface area contributed by atoms with Crippen LogP contribution in [0.1, 0.15) is 19.4 Å². The van der Waals surface area contributed by atoms with E-state index in [-0.39, 0.29) is 11.8 Å². The second-order valence-electron chi connectivity index (χ2n) is 3.27. The molecular formula is C10H13BrN2O. The second-order valence-corrected chi connectivity index (χ2v) is 4.19. The van der Waals surface area contributed by atoms with Crippen molar-refractivity contribution in [2.24, 2.45) is 10.7 Å². The second kappa shape index (κ2) is 4.46. The molecule has 0 unspecified atom stereocenters. The van der Waals surface area contributed by atoms with Gasteiger partial charge in [-0.1, -0.05) is 15.9 Å². The first-order valence-corrected chi connectivity index (χ1v) is 5.12. The average molecular weight is 257 g/mol. The van der Waals surface area contributed by atoms with Gasteiger partial charge >= 0.3 is 0 Å². The Morgan fingerprint density at radius 1 is 1.50 bits per heavy atom. The van der Waals surface area contributed by atoms with Gasteiger partial charge < -0.3 is 10.8 Å². The Bertz CT molecular complexity index is 361. The summed E-state index contributed by atoms with van der Waals surface area (Å²) in [6.07, 6.45) is 0. The molecule has 76 valence electrons. The Balaban J connectivity index is 3.12. The van der Waals surface area contributed by atoms with Gasteiger partial charge in [0.05, 0.1) is 5.56 Å². The molecule has 14 heavy (non-hydrogen) atoms. The summed E-state index contributed by atoms with van der Waals surface area (Å²) in [5.74, 6) is 0.508. The molecule has 3 N–H and O–H groups in total. The molecule has 0 aromatic heterocycles. The van der Waals surface area contributed by atoms with Crippen molar-refractivity contribution in [1.82, 2.24) is 0 Å². The zero-order valence-corrected chi connectivity index (χ0v) is 9.75. The van der Waals surface area contributed by atoms with Crippen molar-refractivity contribution in [1.29, 1.82) is 0 Å². The molecule has 0 saturated carbocycles. The van der Waals surface area contributed by atoms with Gasteiger partial charge in [-0.05, 0) is 32.0 Å². The highest BCUT2D eigenvalue weighted by molar-refractivity contribution is 9.10. The summed E-state index contributed by atoms with van der Waals surface area (Å²) < 4.78 is 0.868. The normalized spacial score (nSPS) is 12.1. The van der Waals surface area contributed by atoms with Crippen molar-refractivity contribution in [2.45, 2.75) is 19.9 Å². The minimum Gasteiger partial charge on any atom is -0.507 e. The average Bonchev–Trinajstić information content (AvgIpc) is 2.08. The van der Waals surface area contributed by atoms with E-state index in [2.05, 4.69) is 20.9 Å². The summed E-state index contributed by atoms with van der Waals surface area (Å²) in [5, 5.41) is 9.54. The third-order valence-electron chi connectivity index (χ3n) is 1.63. The van der Waals surface area contributed by atoms with E-state index in [9.17, 15) is 5.11 Å². The Hall–Kier alpha value is -1.03. The lowest BCUT2D eigenvalue weighted by atomic mass is 10.2. The fourth-order valence-electron chi connectivity index (χ4n) is 1.06. The van der Waals surface area contributed by atoms with Crippen LogP contribution < -0.4 is 5.73 Å². The number of phenolic OH excluding ortho intramolecular Hbond substituents is 1. The molecule has 1 rings (SSSR count). The maximum Gasteiger partial charge on any atom is 0.129 e. The minimum atomic E-state index is 0.119. The largest absolute Gasteiger partial charge is 0.507 e. The molecule has 0 aliphatic carbocycles. The Kier molecular flexibility index (Phi) is 3.52. The number of benzene rings is 1. The number of aliphatic imine (C=N–C) groups is 1. The lowest BCUT2D eigenvalue weighted by Gasteiger charge is -2.06. The number of amidine groups is 1. The predicted molar refractivity (Wildman–Crippen MR) is 61.7 cm³/mol. The Morgan fingerprint density at radius 2 is 2.14 bits per heavy atom. The van der Waals surface area contributed by atoms with Crippen LogP contribution in [0.15, 0.2) is 27.7 Å². The molecule has 0 atom stereocenters. The van der Waals surface area contributed by atoms with Gasteiger partial charge in [-0.25, -0.2) is 0 Å². The van der Waals surface area contributed by atoms with Gasteiger partial charge in [-0.3, -0.25) is 4.99 Å². The van der Waals surface area contributed by atoms with Crippen LogP contribution in [0.4, 0.5) is 0 Å². The molecule has 0 saturated heterocycles. The first-order chi connectivity index (χ1) is 6.50. The molecule has 0 heterocycles. The van der Waals surface area contributed by atoms with E-state index >= 15 is 0 Å². The van der Waals surface area contributed by atoms with E-state index in [1.807, 2.05) is 13.8 Å². The van der Waals surface area contributed by atoms with Crippen LogP contribution in [0.25, 0.3) is 0 Å². The molecule has 0 aliphatic heterocycles. The van der Waals surface area contributed by atoms with Crippen LogP contribution in [0.3, 0.4) is 0 Å². The van der Waals surface area contributed by atoms with E-state index in [4.69, 9.17) is 5.73 Å². The number of nitrogens with two attached hydrogens (primary N) is 1. The number of aromatic hydroxyl groups is 1. The van der Waals surface area contributed by atoms with Gasteiger partial charge in [0.15, 0.2) is 0 Å². The first-order valence-electron chi connectivity index (χ1n) is 4.33. The van der Waals surface area contributed by atoms with Crippen LogP contribution >= 0.6 is 15.9 Å². The summed E-state index contributed by atoms with van der Waals surface area (Å²) in [4.78, 5) is 4.16. The number of rotatable bonds is 2. The third-order valence-corrected chi connectivity index (χ3v) is 2.13. The van der Waals surface area contributed by atoms with Crippen LogP contribution in [0.2, 0.25) is 0 Å². The molecule has 0 amide bonds. The topological polar surface area (TPSA) is 58.6 Å². The van der Waals surface area contributed by atoms with E-state index in [0.717, 1.165) is 4.47 Å². The summed E-state index contributed by atoms with van der Waals surface area (Å²) in [6.45, 7) is 3.86. The van der Waals surface area contributed by atoms with E-state index < -0.39 is 0 Å². The quantitative estimate of drug-likeness (QED) is 0.630. The lowest BCUT2D eigenvalue weighted by Crippen LogP contribution is -2.15. The van der Waals surface area contributed by atoms with Crippen molar-refractivity contribution in [3.8, 4) is 5.75 Å². The van der Waals surface area contributed by atoms with Crippen LogP contribution in [0, 0.1) is 0 Å². The number of hydrogen-bond donors (Lipinski definition) is 2. The molecule has 3 nitrogen and oxygen atoms in total. The zero-order chi connectivity index (χ0) is 10.7. The number of halogens is 1. The SMILES string of the molecule is CC(C)N=C(N)c1cc(Br)ccc1O. The highest BCUT2D eigenvalue weighted by Gasteiger charge is 2.06. The fourth-order valence-corrected chi connectivity index (χ4v) is 1.42. The van der Waals surface area contributed by atoms with Crippen molar-refractivity contribution in [3.05, 3.63) is 28.2 Å². The van der Waals surface area contributed by atoms with Crippen molar-refractivity contribution in [3.63, 3.8) is 0 Å². The number of nitrogens with zero attached hydrogens (tertiary/aromatic N) is 1. The highest BCUT2D eigenvalue weighted by atomic mass is 79.9. The van der Waals surface area contributed by atoms with E-state index in [0.29, 0.717) is 11.4 Å². The lowest BCUT2D eigenvalue weighted by molar-refractivity contribution is 0.474. The highest BCUT2D eigenvalue weighted by Crippen LogP contribution is 2.21. The predicted octanol–water partition coefficient (Wildman–Crippen LogP) is 2.27. The molecule has 0 radical (unpaired) electrons. The molecule has 1 aromatic rings. The molecule has 4 heteroatoms. The molecular weight excluding hydrogens is 244 g/mol. The van der Waals surface area contributed by atoms with Crippen molar-refractivity contribution < 1.29 is 5.11 Å². The van der Waals surface area contributed by atoms with Crippen molar-refractivity contribution >= 4 is 21.8 Å².